The number of carboxylic acids is 1. The first kappa shape index (κ1) is 17.1. The largest absolute Gasteiger partial charge is 0.478 e. The smallest absolute Gasteiger partial charge is 0.328 e. The second-order valence-electron chi connectivity index (χ2n) is 4.38. The van der Waals surface area contributed by atoms with E-state index in [-0.39, 0.29) is 6.03 Å². The summed E-state index contributed by atoms with van der Waals surface area (Å²) in [6, 6.07) is 6.75. The third-order valence-electron chi connectivity index (χ3n) is 2.62. The Morgan fingerprint density at radius 1 is 1.33 bits per heavy atom. The summed E-state index contributed by atoms with van der Waals surface area (Å²) < 4.78 is 0. The summed E-state index contributed by atoms with van der Waals surface area (Å²) in [4.78, 5) is 22.1. The van der Waals surface area contributed by atoms with E-state index in [2.05, 4.69) is 16.9 Å². The number of carbonyl (C=O) groups is 2. The van der Waals surface area contributed by atoms with Gasteiger partial charge < -0.3 is 15.7 Å². The van der Waals surface area contributed by atoms with Crippen LogP contribution in [0.25, 0.3) is 6.08 Å². The van der Waals surface area contributed by atoms with Crippen molar-refractivity contribution in [1.29, 1.82) is 0 Å². The van der Waals surface area contributed by atoms with Gasteiger partial charge in [-0.2, -0.15) is 11.8 Å². The molecule has 114 valence electrons. The van der Waals surface area contributed by atoms with E-state index in [4.69, 9.17) is 5.11 Å². The van der Waals surface area contributed by atoms with Crippen LogP contribution in [0.2, 0.25) is 0 Å². The first-order valence-electron chi connectivity index (χ1n) is 6.66. The molecule has 21 heavy (non-hydrogen) atoms. The molecule has 6 heteroatoms. The van der Waals surface area contributed by atoms with Crippen molar-refractivity contribution < 1.29 is 14.7 Å². The molecule has 5 nitrogen and oxygen atoms in total. The van der Waals surface area contributed by atoms with Crippen molar-refractivity contribution in [1.82, 2.24) is 5.32 Å². The molecule has 2 amide bonds. The molecule has 0 saturated heterocycles. The number of hydrogen-bond acceptors (Lipinski definition) is 3. The van der Waals surface area contributed by atoms with Crippen molar-refractivity contribution in [2.75, 3.05) is 23.9 Å². The van der Waals surface area contributed by atoms with Crippen molar-refractivity contribution in [3.8, 4) is 0 Å². The van der Waals surface area contributed by atoms with E-state index in [1.54, 1.807) is 36.0 Å². The van der Waals surface area contributed by atoms with Gasteiger partial charge in [0.05, 0.1) is 0 Å². The highest BCUT2D eigenvalue weighted by atomic mass is 32.2. The van der Waals surface area contributed by atoms with Gasteiger partial charge in [0.15, 0.2) is 0 Å². The molecule has 0 saturated carbocycles. The fourth-order valence-corrected chi connectivity index (χ4v) is 2.13. The van der Waals surface area contributed by atoms with E-state index in [0.29, 0.717) is 12.2 Å². The Kier molecular flexibility index (Phi) is 8.04. The summed E-state index contributed by atoms with van der Waals surface area (Å²) in [5.41, 5.74) is 1.35. The topological polar surface area (TPSA) is 78.4 Å². The molecule has 1 aromatic rings. The number of thioether (sulfide) groups is 1. The van der Waals surface area contributed by atoms with Crippen LogP contribution in [0, 0.1) is 0 Å². The fourth-order valence-electron chi connectivity index (χ4n) is 1.64. The second kappa shape index (κ2) is 9.88. The van der Waals surface area contributed by atoms with Gasteiger partial charge in [0.2, 0.25) is 0 Å². The molecule has 0 unspecified atom stereocenters. The molecule has 0 atom stereocenters. The zero-order valence-corrected chi connectivity index (χ0v) is 12.8. The fraction of sp³-hybridized carbons (Fsp3) is 0.333. The van der Waals surface area contributed by atoms with Crippen LogP contribution in [0.1, 0.15) is 18.4 Å². The standard InChI is InChI=1S/C15H20N2O3S/c1-21-10-3-2-9-16-15(20)17-13-6-4-5-12(11-13)7-8-14(18)19/h4-8,11H,2-3,9-10H2,1H3,(H,18,19)(H2,16,17,20)/b8-7+. The van der Waals surface area contributed by atoms with E-state index in [1.165, 1.54) is 6.08 Å². The first-order chi connectivity index (χ1) is 10.1. The molecule has 3 N–H and O–H groups in total. The first-order valence-corrected chi connectivity index (χ1v) is 8.06. The number of benzene rings is 1. The maximum absolute atomic E-state index is 11.7. The highest BCUT2D eigenvalue weighted by molar-refractivity contribution is 7.98. The Morgan fingerprint density at radius 2 is 2.14 bits per heavy atom. The molecule has 0 heterocycles. The predicted octanol–water partition coefficient (Wildman–Crippen LogP) is 3.05. The maximum Gasteiger partial charge on any atom is 0.328 e. The highest BCUT2D eigenvalue weighted by Gasteiger charge is 2.01. The molecule has 0 aromatic heterocycles. The minimum atomic E-state index is -1.00. The Labute approximate surface area is 128 Å². The molecule has 1 aromatic carbocycles. The summed E-state index contributed by atoms with van der Waals surface area (Å²) in [5, 5.41) is 14.1. The van der Waals surface area contributed by atoms with Gasteiger partial charge >= 0.3 is 12.0 Å². The summed E-state index contributed by atoms with van der Waals surface area (Å²) >= 11 is 1.79. The summed E-state index contributed by atoms with van der Waals surface area (Å²) in [5.74, 6) is 0.0951. The second-order valence-corrected chi connectivity index (χ2v) is 5.36. The van der Waals surface area contributed by atoms with Crippen molar-refractivity contribution in [2.45, 2.75) is 12.8 Å². The molecule has 0 radical (unpaired) electrons. The van der Waals surface area contributed by atoms with E-state index in [0.717, 1.165) is 30.2 Å². The zero-order chi connectivity index (χ0) is 15.5. The lowest BCUT2D eigenvalue weighted by atomic mass is 10.2. The number of aliphatic carboxylic acids is 1. The van der Waals surface area contributed by atoms with E-state index in [9.17, 15) is 9.59 Å². The SMILES string of the molecule is CSCCCCNC(=O)Nc1cccc(/C=C/C(=O)O)c1. The molecule has 0 bridgehead atoms. The number of nitrogens with one attached hydrogen (secondary N) is 2. The van der Waals surface area contributed by atoms with Crippen molar-refractivity contribution in [2.24, 2.45) is 0 Å². The minimum Gasteiger partial charge on any atom is -0.478 e. The number of unbranched alkanes of at least 4 members (excludes halogenated alkanes) is 1. The lowest BCUT2D eigenvalue weighted by Gasteiger charge is -2.08. The lowest BCUT2D eigenvalue weighted by molar-refractivity contribution is -0.131. The average molecular weight is 308 g/mol. The normalized spacial score (nSPS) is 10.5. The molecule has 0 spiro atoms. The monoisotopic (exact) mass is 308 g/mol. The number of carboxylic acid groups (broad SMARTS) is 1. The van der Waals surface area contributed by atoms with Gasteiger partial charge in [0, 0.05) is 18.3 Å². The number of rotatable bonds is 8. The quantitative estimate of drug-likeness (QED) is 0.509. The summed E-state index contributed by atoms with van der Waals surface area (Å²) in [6.07, 6.45) is 6.64. The van der Waals surface area contributed by atoms with Crippen LogP contribution in [-0.2, 0) is 4.79 Å². The Hall–Kier alpha value is -1.95. The molecule has 0 aliphatic rings. The maximum atomic E-state index is 11.7. The third-order valence-corrected chi connectivity index (χ3v) is 3.32. The van der Waals surface area contributed by atoms with Crippen LogP contribution in [0.4, 0.5) is 10.5 Å². The Morgan fingerprint density at radius 3 is 2.86 bits per heavy atom. The van der Waals surface area contributed by atoms with Gasteiger partial charge in [-0.3, -0.25) is 0 Å². The zero-order valence-electron chi connectivity index (χ0n) is 12.0. The minimum absolute atomic E-state index is 0.251. The van der Waals surface area contributed by atoms with Crippen molar-refractivity contribution >= 4 is 35.5 Å². The lowest BCUT2D eigenvalue weighted by Crippen LogP contribution is -2.29. The Bertz CT molecular complexity index is 503. The number of urea groups is 1. The van der Waals surface area contributed by atoms with Crippen LogP contribution in [0.5, 0.6) is 0 Å². The molecule has 0 aliphatic carbocycles. The van der Waals surface area contributed by atoms with E-state index in [1.807, 2.05) is 0 Å². The number of hydrogen-bond donors (Lipinski definition) is 3. The van der Waals surface area contributed by atoms with Crippen LogP contribution < -0.4 is 10.6 Å². The Balaban J connectivity index is 2.41. The van der Waals surface area contributed by atoms with E-state index >= 15 is 0 Å². The van der Waals surface area contributed by atoms with Crippen LogP contribution in [0.15, 0.2) is 30.3 Å². The number of anilines is 1. The number of amides is 2. The molecular formula is C15H20N2O3S. The summed E-state index contributed by atoms with van der Waals surface area (Å²) in [7, 11) is 0. The molecule has 0 aliphatic heterocycles. The predicted molar refractivity (Wildman–Crippen MR) is 87.7 cm³/mol. The molecule has 1 rings (SSSR count). The van der Waals surface area contributed by atoms with Crippen LogP contribution in [-0.4, -0.2) is 35.7 Å². The highest BCUT2D eigenvalue weighted by Crippen LogP contribution is 2.11. The van der Waals surface area contributed by atoms with Gasteiger partial charge in [-0.25, -0.2) is 9.59 Å². The third kappa shape index (κ3) is 8.04. The van der Waals surface area contributed by atoms with Gasteiger partial charge in [0.25, 0.3) is 0 Å². The molecular weight excluding hydrogens is 288 g/mol. The van der Waals surface area contributed by atoms with Crippen LogP contribution in [0.3, 0.4) is 0 Å². The van der Waals surface area contributed by atoms with Gasteiger partial charge in [-0.1, -0.05) is 12.1 Å². The van der Waals surface area contributed by atoms with Crippen molar-refractivity contribution in [3.05, 3.63) is 35.9 Å². The number of carbonyl (C=O) groups excluding carboxylic acids is 1. The summed E-state index contributed by atoms with van der Waals surface area (Å²) in [6.45, 7) is 0.644. The van der Waals surface area contributed by atoms with Crippen LogP contribution >= 0.6 is 11.8 Å². The van der Waals surface area contributed by atoms with Crippen molar-refractivity contribution in [3.63, 3.8) is 0 Å². The van der Waals surface area contributed by atoms with Gasteiger partial charge in [-0.15, -0.1) is 0 Å². The molecule has 0 fully saturated rings. The average Bonchev–Trinajstić information content (AvgIpc) is 2.45. The van der Waals surface area contributed by atoms with Gasteiger partial charge in [-0.05, 0) is 48.6 Å². The van der Waals surface area contributed by atoms with Gasteiger partial charge in [0.1, 0.15) is 0 Å². The van der Waals surface area contributed by atoms with E-state index < -0.39 is 5.97 Å².